The predicted molar refractivity (Wildman–Crippen MR) is 102 cm³/mol. The average molecular weight is 397 g/mol. The zero-order chi connectivity index (χ0) is 20.3. The summed E-state index contributed by atoms with van der Waals surface area (Å²) in [5.74, 6) is -0.162. The largest absolute Gasteiger partial charge is 0.503 e. The van der Waals surface area contributed by atoms with E-state index in [1.165, 1.54) is 24.1 Å². The quantitative estimate of drug-likeness (QED) is 0.717. The number of carbonyl (C=O) groups is 2. The standard InChI is InChI=1S/C19H25ClN2O5/c1-10(2)6-7-27-18(24)15-11(3)22(4)19(25)21-16(15)12-8-13(20)17(23)14(9-12)26-5/h8-10,16,23H,6-7H2,1-5H3,(H,21,25)/t16-/m0/s1. The summed E-state index contributed by atoms with van der Waals surface area (Å²) >= 11 is 6.08. The Morgan fingerprint density at radius 2 is 2.07 bits per heavy atom. The molecule has 2 rings (SSSR count). The van der Waals surface area contributed by atoms with E-state index in [0.29, 0.717) is 22.8 Å². The first-order chi connectivity index (χ1) is 12.7. The Bertz CT molecular complexity index is 776. The summed E-state index contributed by atoms with van der Waals surface area (Å²) in [7, 11) is 2.97. The van der Waals surface area contributed by atoms with Gasteiger partial charge in [-0.15, -0.1) is 0 Å². The molecule has 0 bridgehead atoms. The van der Waals surface area contributed by atoms with Gasteiger partial charge in [0.25, 0.3) is 0 Å². The van der Waals surface area contributed by atoms with Crippen LogP contribution < -0.4 is 10.1 Å². The van der Waals surface area contributed by atoms with Gasteiger partial charge in [-0.05, 0) is 37.0 Å². The van der Waals surface area contributed by atoms with Crippen LogP contribution >= 0.6 is 11.6 Å². The molecular weight excluding hydrogens is 372 g/mol. The minimum atomic E-state index is -0.771. The molecule has 2 N–H and O–H groups in total. The molecular formula is C19H25ClN2O5. The van der Waals surface area contributed by atoms with Crippen LogP contribution in [0.15, 0.2) is 23.4 Å². The van der Waals surface area contributed by atoms with Crippen molar-refractivity contribution in [1.82, 2.24) is 10.2 Å². The molecule has 0 spiro atoms. The van der Waals surface area contributed by atoms with E-state index < -0.39 is 12.0 Å². The number of esters is 1. The molecule has 1 aliphatic rings. The van der Waals surface area contributed by atoms with Crippen LogP contribution in [0.2, 0.25) is 5.02 Å². The molecule has 8 heteroatoms. The molecule has 0 fully saturated rings. The fourth-order valence-electron chi connectivity index (χ4n) is 2.73. The summed E-state index contributed by atoms with van der Waals surface area (Å²) < 4.78 is 10.5. The number of methoxy groups -OCH3 is 1. The summed E-state index contributed by atoms with van der Waals surface area (Å²) in [6.07, 6.45) is 0.740. The van der Waals surface area contributed by atoms with Crippen LogP contribution in [0.25, 0.3) is 0 Å². The molecule has 27 heavy (non-hydrogen) atoms. The van der Waals surface area contributed by atoms with E-state index in [1.54, 1.807) is 14.0 Å². The first kappa shape index (κ1) is 20.9. The molecule has 2 amide bonds. The highest BCUT2D eigenvalue weighted by atomic mass is 35.5. The maximum Gasteiger partial charge on any atom is 0.338 e. The van der Waals surface area contributed by atoms with Crippen molar-refractivity contribution in [2.45, 2.75) is 33.2 Å². The Morgan fingerprint density at radius 3 is 2.67 bits per heavy atom. The number of urea groups is 1. The number of allylic oxidation sites excluding steroid dienone is 1. The summed E-state index contributed by atoms with van der Waals surface area (Å²) in [5.41, 5.74) is 1.30. The van der Waals surface area contributed by atoms with Gasteiger partial charge in [0.15, 0.2) is 11.5 Å². The molecule has 148 valence electrons. The second-order valence-corrected chi connectivity index (χ2v) is 7.22. The molecule has 1 heterocycles. The maximum absolute atomic E-state index is 12.8. The number of nitrogens with zero attached hydrogens (tertiary/aromatic N) is 1. The van der Waals surface area contributed by atoms with Crippen LogP contribution in [-0.2, 0) is 9.53 Å². The van der Waals surface area contributed by atoms with Crippen molar-refractivity contribution in [3.05, 3.63) is 34.0 Å². The number of rotatable bonds is 6. The zero-order valence-corrected chi connectivity index (χ0v) is 16.9. The van der Waals surface area contributed by atoms with Crippen LogP contribution in [0.4, 0.5) is 4.79 Å². The van der Waals surface area contributed by atoms with Crippen LogP contribution in [-0.4, -0.2) is 42.8 Å². The smallest absolute Gasteiger partial charge is 0.338 e. The molecule has 0 unspecified atom stereocenters. The number of halogens is 1. The molecule has 1 atom stereocenters. The van der Waals surface area contributed by atoms with Crippen LogP contribution in [0.1, 0.15) is 38.8 Å². The van der Waals surface area contributed by atoms with Gasteiger partial charge in [-0.2, -0.15) is 0 Å². The monoisotopic (exact) mass is 396 g/mol. The Balaban J connectivity index is 2.45. The molecule has 0 aliphatic carbocycles. The average Bonchev–Trinajstić information content (AvgIpc) is 2.61. The van der Waals surface area contributed by atoms with Crippen LogP contribution in [0, 0.1) is 5.92 Å². The molecule has 1 aromatic rings. The van der Waals surface area contributed by atoms with Gasteiger partial charge in [-0.3, -0.25) is 0 Å². The van der Waals surface area contributed by atoms with Crippen LogP contribution in [0.3, 0.4) is 0 Å². The Kier molecular flexibility index (Phi) is 6.59. The highest BCUT2D eigenvalue weighted by Gasteiger charge is 2.35. The summed E-state index contributed by atoms with van der Waals surface area (Å²) in [6.45, 7) is 6.06. The number of carbonyl (C=O) groups excluding carboxylic acids is 2. The van der Waals surface area contributed by atoms with E-state index in [-0.39, 0.29) is 29.2 Å². The number of hydrogen-bond donors (Lipinski definition) is 2. The third-order valence-electron chi connectivity index (χ3n) is 4.51. The van der Waals surface area contributed by atoms with Crippen molar-refractivity contribution < 1.29 is 24.2 Å². The van der Waals surface area contributed by atoms with E-state index in [4.69, 9.17) is 21.1 Å². The Labute approximate surface area is 163 Å². The van der Waals surface area contributed by atoms with E-state index in [9.17, 15) is 14.7 Å². The van der Waals surface area contributed by atoms with E-state index in [2.05, 4.69) is 5.32 Å². The maximum atomic E-state index is 12.8. The van der Waals surface area contributed by atoms with Crippen molar-refractivity contribution in [1.29, 1.82) is 0 Å². The van der Waals surface area contributed by atoms with Gasteiger partial charge in [0.05, 0.1) is 30.4 Å². The molecule has 0 saturated heterocycles. The minimum absolute atomic E-state index is 0.0581. The minimum Gasteiger partial charge on any atom is -0.503 e. The number of benzene rings is 1. The number of nitrogens with one attached hydrogen (secondary N) is 1. The summed E-state index contributed by atoms with van der Waals surface area (Å²) in [5, 5.41) is 12.8. The van der Waals surface area contributed by atoms with Gasteiger partial charge >= 0.3 is 12.0 Å². The van der Waals surface area contributed by atoms with Crippen LogP contribution in [0.5, 0.6) is 11.5 Å². The number of ether oxygens (including phenoxy) is 2. The normalized spacial score (nSPS) is 17.2. The first-order valence-corrected chi connectivity index (χ1v) is 9.03. The Morgan fingerprint density at radius 1 is 1.41 bits per heavy atom. The van der Waals surface area contributed by atoms with Gasteiger partial charge in [0.2, 0.25) is 0 Å². The van der Waals surface area contributed by atoms with Gasteiger partial charge in [0.1, 0.15) is 0 Å². The first-order valence-electron chi connectivity index (χ1n) is 8.65. The lowest BCUT2D eigenvalue weighted by Gasteiger charge is -2.33. The topological polar surface area (TPSA) is 88.1 Å². The molecule has 0 aromatic heterocycles. The number of phenolic OH excluding ortho intramolecular Hbond substituents is 1. The van der Waals surface area contributed by atoms with Gasteiger partial charge in [-0.1, -0.05) is 25.4 Å². The third-order valence-corrected chi connectivity index (χ3v) is 4.79. The number of hydrogen-bond acceptors (Lipinski definition) is 5. The molecule has 7 nitrogen and oxygen atoms in total. The lowest BCUT2D eigenvalue weighted by atomic mass is 9.94. The van der Waals surface area contributed by atoms with Crippen molar-refractivity contribution in [2.24, 2.45) is 5.92 Å². The van der Waals surface area contributed by atoms with E-state index >= 15 is 0 Å². The molecule has 0 saturated carbocycles. The van der Waals surface area contributed by atoms with E-state index in [1.807, 2.05) is 13.8 Å². The lowest BCUT2D eigenvalue weighted by Crippen LogP contribution is -2.46. The highest BCUT2D eigenvalue weighted by molar-refractivity contribution is 6.32. The summed E-state index contributed by atoms with van der Waals surface area (Å²) in [4.78, 5) is 26.4. The lowest BCUT2D eigenvalue weighted by molar-refractivity contribution is -0.140. The van der Waals surface area contributed by atoms with Gasteiger partial charge in [0, 0.05) is 12.7 Å². The van der Waals surface area contributed by atoms with Crippen molar-refractivity contribution in [2.75, 3.05) is 20.8 Å². The Hall–Kier alpha value is -2.41. The highest BCUT2D eigenvalue weighted by Crippen LogP contribution is 2.39. The zero-order valence-electron chi connectivity index (χ0n) is 16.1. The summed E-state index contributed by atoms with van der Waals surface area (Å²) in [6, 6.07) is 1.89. The number of phenols is 1. The molecule has 1 aliphatic heterocycles. The van der Waals surface area contributed by atoms with Gasteiger partial charge < -0.3 is 24.8 Å². The second-order valence-electron chi connectivity index (χ2n) is 6.81. The predicted octanol–water partition coefficient (Wildman–Crippen LogP) is 3.61. The number of aromatic hydroxyl groups is 1. The van der Waals surface area contributed by atoms with Gasteiger partial charge in [-0.25, -0.2) is 9.59 Å². The number of amides is 2. The molecule has 1 aromatic carbocycles. The third kappa shape index (κ3) is 4.47. The van der Waals surface area contributed by atoms with Crippen molar-refractivity contribution in [3.63, 3.8) is 0 Å². The SMILES string of the molecule is COc1cc([C@@H]2NC(=O)N(C)C(C)=C2C(=O)OCCC(C)C)cc(Cl)c1O. The van der Waals surface area contributed by atoms with Crippen molar-refractivity contribution in [3.8, 4) is 11.5 Å². The fraction of sp³-hybridized carbons (Fsp3) is 0.474. The molecule has 0 radical (unpaired) electrons. The fourth-order valence-corrected chi connectivity index (χ4v) is 2.95. The van der Waals surface area contributed by atoms with E-state index in [0.717, 1.165) is 6.42 Å². The second kappa shape index (κ2) is 8.52. The van der Waals surface area contributed by atoms with Crippen molar-refractivity contribution >= 4 is 23.6 Å².